The van der Waals surface area contributed by atoms with Crippen molar-refractivity contribution < 1.29 is 8.78 Å². The summed E-state index contributed by atoms with van der Waals surface area (Å²) in [5, 5.41) is 9.32. The van der Waals surface area contributed by atoms with Gasteiger partial charge in [-0.2, -0.15) is 5.26 Å². The molecule has 3 aromatic rings. The van der Waals surface area contributed by atoms with Crippen LogP contribution in [-0.2, 0) is 0 Å². The summed E-state index contributed by atoms with van der Waals surface area (Å²) in [6.45, 7) is 1.67. The molecule has 3 nitrogen and oxygen atoms in total. The molecule has 0 saturated carbocycles. The molecule has 1 aromatic heterocycles. The number of nitriles is 1. The summed E-state index contributed by atoms with van der Waals surface area (Å²) in [6.07, 6.45) is 0. The van der Waals surface area contributed by atoms with Crippen LogP contribution in [0.2, 0.25) is 10.2 Å². The van der Waals surface area contributed by atoms with Gasteiger partial charge >= 0.3 is 0 Å². The third-order valence-electron chi connectivity index (χ3n) is 3.50. The van der Waals surface area contributed by atoms with E-state index in [1.807, 2.05) is 0 Å². The zero-order valence-electron chi connectivity index (χ0n) is 12.3. The lowest BCUT2D eigenvalue weighted by Crippen LogP contribution is -2.02. The SMILES string of the molecule is Cc1nc(Cl)c(-c2c(F)cc(C#N)cc2F)n1-c1ccc(Cl)cc1. The van der Waals surface area contributed by atoms with Gasteiger partial charge in [0.2, 0.25) is 0 Å². The maximum Gasteiger partial charge on any atom is 0.155 e. The van der Waals surface area contributed by atoms with Crippen molar-refractivity contribution in [2.45, 2.75) is 6.92 Å². The first-order chi connectivity index (χ1) is 11.4. The van der Waals surface area contributed by atoms with E-state index in [1.165, 1.54) is 4.57 Å². The molecule has 0 bridgehead atoms. The van der Waals surface area contributed by atoms with Crippen molar-refractivity contribution in [2.75, 3.05) is 0 Å². The molecule has 0 aliphatic rings. The van der Waals surface area contributed by atoms with Crippen molar-refractivity contribution in [3.05, 3.63) is 69.6 Å². The molecule has 7 heteroatoms. The average molecular weight is 364 g/mol. The molecule has 0 radical (unpaired) electrons. The summed E-state index contributed by atoms with van der Waals surface area (Å²) in [7, 11) is 0. The summed E-state index contributed by atoms with van der Waals surface area (Å²) >= 11 is 12.0. The number of aromatic nitrogens is 2. The molecule has 0 N–H and O–H groups in total. The lowest BCUT2D eigenvalue weighted by Gasteiger charge is -2.12. The van der Waals surface area contributed by atoms with E-state index in [4.69, 9.17) is 28.5 Å². The van der Waals surface area contributed by atoms with E-state index in [-0.39, 0.29) is 22.0 Å². The molecule has 0 unspecified atom stereocenters. The molecule has 0 saturated heterocycles. The largest absolute Gasteiger partial charge is 0.295 e. The molecule has 2 aromatic carbocycles. The first-order valence-corrected chi connectivity index (χ1v) is 7.58. The average Bonchev–Trinajstić information content (AvgIpc) is 2.82. The lowest BCUT2D eigenvalue weighted by atomic mass is 10.1. The Morgan fingerprint density at radius 2 is 1.67 bits per heavy atom. The van der Waals surface area contributed by atoms with Crippen molar-refractivity contribution in [3.8, 4) is 23.0 Å². The Hall–Kier alpha value is -2.42. The van der Waals surface area contributed by atoms with Gasteiger partial charge in [0, 0.05) is 10.7 Å². The molecule has 0 amide bonds. The molecule has 3 rings (SSSR count). The van der Waals surface area contributed by atoms with Gasteiger partial charge in [0.05, 0.1) is 22.9 Å². The zero-order valence-corrected chi connectivity index (χ0v) is 13.8. The van der Waals surface area contributed by atoms with Crippen LogP contribution in [0.5, 0.6) is 0 Å². The second-order valence-corrected chi connectivity index (χ2v) is 5.83. The van der Waals surface area contributed by atoms with E-state index in [0.717, 1.165) is 12.1 Å². The van der Waals surface area contributed by atoms with Crippen molar-refractivity contribution >= 4 is 23.2 Å². The highest BCUT2D eigenvalue weighted by atomic mass is 35.5. The Morgan fingerprint density at radius 3 is 2.21 bits per heavy atom. The van der Waals surface area contributed by atoms with Crippen LogP contribution in [0.4, 0.5) is 8.78 Å². The van der Waals surface area contributed by atoms with Crippen molar-refractivity contribution in [3.63, 3.8) is 0 Å². The van der Waals surface area contributed by atoms with Crippen LogP contribution in [0.3, 0.4) is 0 Å². The van der Waals surface area contributed by atoms with Gasteiger partial charge in [-0.3, -0.25) is 4.57 Å². The van der Waals surface area contributed by atoms with Crippen molar-refractivity contribution in [1.82, 2.24) is 9.55 Å². The number of rotatable bonds is 2. The number of aryl methyl sites for hydroxylation is 1. The Morgan fingerprint density at radius 1 is 1.08 bits per heavy atom. The van der Waals surface area contributed by atoms with E-state index in [1.54, 1.807) is 37.3 Å². The lowest BCUT2D eigenvalue weighted by molar-refractivity contribution is 0.587. The summed E-state index contributed by atoms with van der Waals surface area (Å²) in [4.78, 5) is 4.11. The van der Waals surface area contributed by atoms with E-state index < -0.39 is 11.6 Å². The number of hydrogen-bond donors (Lipinski definition) is 0. The minimum Gasteiger partial charge on any atom is -0.295 e. The first kappa shape index (κ1) is 16.4. The minimum atomic E-state index is -0.886. The molecular formula is C17H9Cl2F2N3. The quantitative estimate of drug-likeness (QED) is 0.619. The van der Waals surface area contributed by atoms with Crippen LogP contribution < -0.4 is 0 Å². The van der Waals surface area contributed by atoms with E-state index in [0.29, 0.717) is 16.5 Å². The van der Waals surface area contributed by atoms with Crippen LogP contribution >= 0.6 is 23.2 Å². The van der Waals surface area contributed by atoms with Crippen molar-refractivity contribution in [2.24, 2.45) is 0 Å². The molecule has 0 fully saturated rings. The molecule has 0 aliphatic heterocycles. The van der Waals surface area contributed by atoms with Crippen LogP contribution in [0.25, 0.3) is 16.9 Å². The summed E-state index contributed by atoms with van der Waals surface area (Å²) in [6, 6.07) is 10.3. The van der Waals surface area contributed by atoms with Crippen molar-refractivity contribution in [1.29, 1.82) is 5.26 Å². The van der Waals surface area contributed by atoms with Gasteiger partial charge in [-0.25, -0.2) is 13.8 Å². The normalized spacial score (nSPS) is 10.7. The first-order valence-electron chi connectivity index (χ1n) is 6.82. The summed E-state index contributed by atoms with van der Waals surface area (Å²) < 4.78 is 30.4. The number of nitrogens with zero attached hydrogens (tertiary/aromatic N) is 3. The number of halogens is 4. The maximum absolute atomic E-state index is 14.4. The fourth-order valence-corrected chi connectivity index (χ4v) is 2.91. The third kappa shape index (κ3) is 2.75. The Bertz CT molecular complexity index is 950. The Labute approximate surface area is 146 Å². The maximum atomic E-state index is 14.4. The van der Waals surface area contributed by atoms with Crippen LogP contribution in [0, 0.1) is 29.9 Å². The Balaban J connectivity index is 2.31. The van der Waals surface area contributed by atoms with Crippen LogP contribution in [-0.4, -0.2) is 9.55 Å². The van der Waals surface area contributed by atoms with Gasteiger partial charge in [-0.05, 0) is 43.3 Å². The highest BCUT2D eigenvalue weighted by molar-refractivity contribution is 6.32. The zero-order chi connectivity index (χ0) is 17.4. The van der Waals surface area contributed by atoms with E-state index >= 15 is 0 Å². The second-order valence-electron chi connectivity index (χ2n) is 5.04. The van der Waals surface area contributed by atoms with Crippen LogP contribution in [0.15, 0.2) is 36.4 Å². The fraction of sp³-hybridized carbons (Fsp3) is 0.0588. The van der Waals surface area contributed by atoms with Gasteiger partial charge in [0.1, 0.15) is 17.5 Å². The molecule has 1 heterocycles. The smallest absolute Gasteiger partial charge is 0.155 e. The Kier molecular flexibility index (Phi) is 4.27. The monoisotopic (exact) mass is 363 g/mol. The summed E-state index contributed by atoms with van der Waals surface area (Å²) in [5.41, 5.74) is 0.235. The minimum absolute atomic E-state index is 0.0371. The number of hydrogen-bond acceptors (Lipinski definition) is 2. The fourth-order valence-electron chi connectivity index (χ4n) is 2.48. The molecule has 0 aliphatic carbocycles. The predicted octanol–water partition coefficient (Wildman–Crippen LogP) is 5.30. The standard InChI is InChI=1S/C17H9Cl2F2N3/c1-9-23-17(19)16(24(9)12-4-2-11(18)3-5-12)15-13(20)6-10(8-22)7-14(15)21/h2-7H,1H3. The highest BCUT2D eigenvalue weighted by Crippen LogP contribution is 2.35. The number of benzene rings is 2. The predicted molar refractivity (Wildman–Crippen MR) is 88.4 cm³/mol. The number of imidazole rings is 1. The van der Waals surface area contributed by atoms with Gasteiger partial charge < -0.3 is 0 Å². The molecule has 120 valence electrons. The molecule has 0 spiro atoms. The topological polar surface area (TPSA) is 41.6 Å². The molecule has 0 atom stereocenters. The molecular weight excluding hydrogens is 355 g/mol. The molecule has 24 heavy (non-hydrogen) atoms. The van der Waals surface area contributed by atoms with Gasteiger partial charge in [0.25, 0.3) is 0 Å². The van der Waals surface area contributed by atoms with Gasteiger partial charge in [-0.15, -0.1) is 0 Å². The highest BCUT2D eigenvalue weighted by Gasteiger charge is 2.23. The third-order valence-corrected chi connectivity index (χ3v) is 4.01. The second kappa shape index (κ2) is 6.23. The van der Waals surface area contributed by atoms with Crippen LogP contribution in [0.1, 0.15) is 11.4 Å². The van der Waals surface area contributed by atoms with Gasteiger partial charge in [-0.1, -0.05) is 23.2 Å². The summed E-state index contributed by atoms with van der Waals surface area (Å²) in [5.74, 6) is -1.31. The van der Waals surface area contributed by atoms with Gasteiger partial charge in [0.15, 0.2) is 5.15 Å². The van der Waals surface area contributed by atoms with E-state index in [9.17, 15) is 8.78 Å². The van der Waals surface area contributed by atoms with E-state index in [2.05, 4.69) is 4.98 Å².